The van der Waals surface area contributed by atoms with E-state index >= 15 is 0 Å². The first-order valence-corrected chi connectivity index (χ1v) is 8.28. The summed E-state index contributed by atoms with van der Waals surface area (Å²) in [6, 6.07) is 22.5. The number of hydrogen-bond donors (Lipinski definition) is 1. The second-order valence-corrected chi connectivity index (χ2v) is 6.34. The molecule has 5 rings (SSSR count). The molecule has 1 heterocycles. The molecule has 4 aromatic carbocycles. The van der Waals surface area contributed by atoms with Gasteiger partial charge in [-0.25, -0.2) is 0 Å². The molecule has 4 nitrogen and oxygen atoms in total. The van der Waals surface area contributed by atoms with Crippen molar-refractivity contribution in [3.63, 3.8) is 0 Å². The molecular weight excluding hydrogens is 326 g/mol. The molecule has 0 spiro atoms. The number of rotatable bonds is 0. The molecule has 1 aromatic heterocycles. The summed E-state index contributed by atoms with van der Waals surface area (Å²) in [5.41, 5.74) is -1.42. The van der Waals surface area contributed by atoms with Crippen molar-refractivity contribution in [3.05, 3.63) is 93.5 Å². The minimum atomic E-state index is -0.712. The number of nitrogens with zero attached hydrogens (tertiary/aromatic N) is 1. The van der Waals surface area contributed by atoms with Crippen LogP contribution in [-0.2, 0) is 0 Å². The van der Waals surface area contributed by atoms with E-state index in [4.69, 9.17) is 0 Å². The van der Waals surface area contributed by atoms with Crippen LogP contribution in [0, 0.1) is 0 Å². The molecule has 0 radical (unpaired) electrons. The molecule has 4 heteroatoms. The molecule has 0 bridgehead atoms. The van der Waals surface area contributed by atoms with Gasteiger partial charge in [0.2, 0.25) is 0 Å². The van der Waals surface area contributed by atoms with Crippen LogP contribution in [0.25, 0.3) is 43.1 Å². The molecule has 5 aromatic rings. The van der Waals surface area contributed by atoms with Gasteiger partial charge in [-0.05, 0) is 33.7 Å². The zero-order valence-corrected chi connectivity index (χ0v) is 13.6. The molecule has 0 atom stereocenters. The van der Waals surface area contributed by atoms with Crippen molar-refractivity contribution in [3.8, 4) is 0 Å². The Balaban J connectivity index is 2.34. The Morgan fingerprint density at radius 2 is 0.962 bits per heavy atom. The Morgan fingerprint density at radius 1 is 0.538 bits per heavy atom. The van der Waals surface area contributed by atoms with Gasteiger partial charge in [-0.2, -0.15) is 0 Å². The number of benzene rings is 4. The predicted octanol–water partition coefficient (Wildman–Crippen LogP) is 4.06. The molecule has 0 saturated heterocycles. The van der Waals surface area contributed by atoms with Crippen molar-refractivity contribution < 1.29 is 5.21 Å². The van der Waals surface area contributed by atoms with Gasteiger partial charge in [0.15, 0.2) is 0 Å². The molecule has 0 aliphatic heterocycles. The third kappa shape index (κ3) is 1.84. The van der Waals surface area contributed by atoms with Crippen LogP contribution in [0.1, 0.15) is 0 Å². The van der Waals surface area contributed by atoms with E-state index in [-0.39, 0.29) is 4.73 Å². The average Bonchev–Trinajstić information content (AvgIpc) is 2.77. The fourth-order valence-electron chi connectivity index (χ4n) is 3.76. The molecular formula is C22H13NO3. The van der Waals surface area contributed by atoms with Gasteiger partial charge in [0, 0.05) is 10.8 Å². The highest BCUT2D eigenvalue weighted by molar-refractivity contribution is 6.26. The van der Waals surface area contributed by atoms with Crippen molar-refractivity contribution in [2.75, 3.05) is 0 Å². The first kappa shape index (κ1) is 14.7. The molecule has 0 unspecified atom stereocenters. The van der Waals surface area contributed by atoms with E-state index < -0.39 is 11.1 Å². The molecule has 124 valence electrons. The van der Waals surface area contributed by atoms with Crippen LogP contribution >= 0.6 is 0 Å². The molecule has 0 fully saturated rings. The van der Waals surface area contributed by atoms with Gasteiger partial charge in [-0.1, -0.05) is 60.7 Å². The SMILES string of the molecule is O=c1c2ccc3ccccc3c2c2c(ccc3ccccc32)c(=O)n1O. The second kappa shape index (κ2) is 5.17. The predicted molar refractivity (Wildman–Crippen MR) is 104 cm³/mol. The lowest BCUT2D eigenvalue weighted by atomic mass is 9.96. The molecule has 26 heavy (non-hydrogen) atoms. The lowest BCUT2D eigenvalue weighted by Crippen LogP contribution is -2.27. The fraction of sp³-hybridized carbons (Fsp3) is 0. The lowest BCUT2D eigenvalue weighted by Gasteiger charge is -2.06. The zero-order chi connectivity index (χ0) is 17.8. The van der Waals surface area contributed by atoms with Gasteiger partial charge < -0.3 is 5.21 Å². The zero-order valence-electron chi connectivity index (χ0n) is 13.6. The van der Waals surface area contributed by atoms with Crippen molar-refractivity contribution in [1.82, 2.24) is 4.73 Å². The molecule has 0 aliphatic rings. The smallest absolute Gasteiger partial charge is 0.294 e. The summed E-state index contributed by atoms with van der Waals surface area (Å²) in [6.45, 7) is 0. The van der Waals surface area contributed by atoms with E-state index in [1.54, 1.807) is 12.1 Å². The Labute approximate surface area is 147 Å². The molecule has 0 saturated carbocycles. The highest BCUT2D eigenvalue weighted by Gasteiger charge is 2.14. The molecule has 1 N–H and O–H groups in total. The highest BCUT2D eigenvalue weighted by atomic mass is 16.5. The van der Waals surface area contributed by atoms with Gasteiger partial charge in [0.05, 0.1) is 10.8 Å². The molecule has 0 amide bonds. The van der Waals surface area contributed by atoms with Gasteiger partial charge >= 0.3 is 0 Å². The van der Waals surface area contributed by atoms with Crippen molar-refractivity contribution in [2.24, 2.45) is 0 Å². The maximum Gasteiger partial charge on any atom is 0.294 e. The van der Waals surface area contributed by atoms with E-state index in [0.717, 1.165) is 21.5 Å². The van der Waals surface area contributed by atoms with Crippen molar-refractivity contribution in [2.45, 2.75) is 0 Å². The summed E-state index contributed by atoms with van der Waals surface area (Å²) in [4.78, 5) is 25.5. The summed E-state index contributed by atoms with van der Waals surface area (Å²) in [6.07, 6.45) is 0. The van der Waals surface area contributed by atoms with Crippen LogP contribution in [0.3, 0.4) is 0 Å². The quantitative estimate of drug-likeness (QED) is 0.433. The Hall–Kier alpha value is -3.66. The summed E-state index contributed by atoms with van der Waals surface area (Å²) in [7, 11) is 0. The second-order valence-electron chi connectivity index (χ2n) is 6.34. The van der Waals surface area contributed by atoms with Crippen LogP contribution < -0.4 is 11.1 Å². The van der Waals surface area contributed by atoms with Gasteiger partial charge in [-0.15, -0.1) is 4.73 Å². The summed E-state index contributed by atoms with van der Waals surface area (Å²) in [5, 5.41) is 15.9. The van der Waals surface area contributed by atoms with E-state index in [9.17, 15) is 14.8 Å². The number of aromatic nitrogens is 1. The summed E-state index contributed by atoms with van der Waals surface area (Å²) < 4.78 is 0.216. The van der Waals surface area contributed by atoms with Crippen LogP contribution in [0.4, 0.5) is 0 Å². The Kier molecular flexibility index (Phi) is 2.91. The van der Waals surface area contributed by atoms with Crippen LogP contribution in [0.2, 0.25) is 0 Å². The first-order chi connectivity index (χ1) is 12.7. The highest BCUT2D eigenvalue weighted by Crippen LogP contribution is 2.33. The third-order valence-corrected chi connectivity index (χ3v) is 4.95. The number of hydrogen-bond acceptors (Lipinski definition) is 3. The van der Waals surface area contributed by atoms with Gasteiger partial charge in [-0.3, -0.25) is 9.59 Å². The van der Waals surface area contributed by atoms with Crippen LogP contribution in [0.5, 0.6) is 0 Å². The van der Waals surface area contributed by atoms with Crippen LogP contribution in [-0.4, -0.2) is 9.94 Å². The summed E-state index contributed by atoms with van der Waals surface area (Å²) >= 11 is 0. The van der Waals surface area contributed by atoms with Crippen LogP contribution in [0.15, 0.2) is 82.4 Å². The minimum absolute atomic E-state index is 0.216. The largest absolute Gasteiger partial charge is 0.422 e. The van der Waals surface area contributed by atoms with E-state index in [2.05, 4.69) is 0 Å². The van der Waals surface area contributed by atoms with Crippen molar-refractivity contribution >= 4 is 43.1 Å². The fourth-order valence-corrected chi connectivity index (χ4v) is 3.76. The minimum Gasteiger partial charge on any atom is -0.422 e. The Bertz CT molecular complexity index is 1370. The molecule has 0 aliphatic carbocycles. The lowest BCUT2D eigenvalue weighted by molar-refractivity contribution is 0.169. The van der Waals surface area contributed by atoms with Gasteiger partial charge in [0.1, 0.15) is 0 Å². The van der Waals surface area contributed by atoms with E-state index in [0.29, 0.717) is 21.5 Å². The first-order valence-electron chi connectivity index (χ1n) is 8.28. The monoisotopic (exact) mass is 339 g/mol. The van der Waals surface area contributed by atoms with Gasteiger partial charge in [0.25, 0.3) is 11.1 Å². The normalized spacial score (nSPS) is 11.5. The Morgan fingerprint density at radius 3 is 1.42 bits per heavy atom. The third-order valence-electron chi connectivity index (χ3n) is 4.95. The summed E-state index contributed by atoms with van der Waals surface area (Å²) in [5.74, 6) is 0. The van der Waals surface area contributed by atoms with E-state index in [1.807, 2.05) is 60.7 Å². The van der Waals surface area contributed by atoms with Crippen molar-refractivity contribution in [1.29, 1.82) is 0 Å². The van der Waals surface area contributed by atoms with E-state index in [1.165, 1.54) is 0 Å². The topological polar surface area (TPSA) is 59.3 Å². The maximum atomic E-state index is 12.8. The standard InChI is InChI=1S/C22H13NO3/c24-21-17-11-9-13-5-1-3-7-15(13)19(17)20-16-8-4-2-6-14(16)10-12-18(20)22(25)23(21)26/h1-12,26H. The average molecular weight is 339 g/mol. The number of fused-ring (bicyclic) bond motifs is 7. The maximum absolute atomic E-state index is 12.8.